The van der Waals surface area contributed by atoms with E-state index in [-0.39, 0.29) is 48.4 Å². The highest BCUT2D eigenvalue weighted by atomic mass is 19.1. The molecule has 2 aliphatic rings. The van der Waals surface area contributed by atoms with Crippen LogP contribution in [0.5, 0.6) is 17.2 Å². The first-order chi connectivity index (χ1) is 19.7. The SMILES string of the molecule is CCc1nc(C)c(C(=O)N2CC[C@H]3Oc4cc(F)cc(c4)CNC(=O)COc4cc(ccc4OC)C(=O)N[C@H]3C2)o1. The number of carbonyl (C=O) groups excluding carboxylic acids is 3. The lowest BCUT2D eigenvalue weighted by Gasteiger charge is -2.38. The van der Waals surface area contributed by atoms with Gasteiger partial charge in [0.15, 0.2) is 24.0 Å². The molecule has 4 bridgehead atoms. The van der Waals surface area contributed by atoms with E-state index in [0.717, 1.165) is 0 Å². The van der Waals surface area contributed by atoms with Crippen LogP contribution in [0.4, 0.5) is 4.39 Å². The topological polar surface area (TPSA) is 132 Å². The van der Waals surface area contributed by atoms with E-state index in [4.69, 9.17) is 18.6 Å². The number of likely N-dealkylation sites (tertiary alicyclic amines) is 1. The average Bonchev–Trinajstić information content (AvgIpc) is 3.35. The number of aromatic nitrogens is 1. The summed E-state index contributed by atoms with van der Waals surface area (Å²) in [7, 11) is 1.45. The predicted molar refractivity (Wildman–Crippen MR) is 144 cm³/mol. The molecule has 2 aromatic carbocycles. The van der Waals surface area contributed by atoms with E-state index in [1.165, 1.54) is 25.3 Å². The van der Waals surface area contributed by atoms with Gasteiger partial charge < -0.3 is 34.2 Å². The Morgan fingerprint density at radius 3 is 2.80 bits per heavy atom. The van der Waals surface area contributed by atoms with Crippen LogP contribution in [-0.2, 0) is 17.8 Å². The maximum Gasteiger partial charge on any atom is 0.291 e. The van der Waals surface area contributed by atoms with Gasteiger partial charge in [0.1, 0.15) is 17.7 Å². The number of hydrogen-bond acceptors (Lipinski definition) is 8. The van der Waals surface area contributed by atoms with Crippen LogP contribution < -0.4 is 24.8 Å². The number of aryl methyl sites for hydroxylation is 2. The molecule has 0 spiro atoms. The minimum atomic E-state index is -0.653. The number of amides is 3. The fraction of sp³-hybridized carbons (Fsp3) is 0.379. The Balaban J connectivity index is 1.47. The third-order valence-electron chi connectivity index (χ3n) is 6.98. The van der Waals surface area contributed by atoms with Crippen molar-refractivity contribution < 1.29 is 37.4 Å². The monoisotopic (exact) mass is 566 g/mol. The van der Waals surface area contributed by atoms with E-state index in [9.17, 15) is 18.8 Å². The van der Waals surface area contributed by atoms with Crippen molar-refractivity contribution in [1.29, 1.82) is 0 Å². The largest absolute Gasteiger partial charge is 0.493 e. The fourth-order valence-electron chi connectivity index (χ4n) is 4.88. The van der Waals surface area contributed by atoms with Crippen molar-refractivity contribution in [3.05, 3.63) is 70.7 Å². The molecule has 41 heavy (non-hydrogen) atoms. The first kappa shape index (κ1) is 27.9. The molecule has 11 nitrogen and oxygen atoms in total. The van der Waals surface area contributed by atoms with Crippen molar-refractivity contribution in [2.45, 2.75) is 45.4 Å². The summed E-state index contributed by atoms with van der Waals surface area (Å²) in [6.45, 7) is 3.75. The molecule has 5 rings (SSSR count). The third kappa shape index (κ3) is 6.26. The van der Waals surface area contributed by atoms with Gasteiger partial charge in [-0.25, -0.2) is 9.37 Å². The molecule has 0 aliphatic carbocycles. The Bertz CT molecular complexity index is 1470. The Morgan fingerprint density at radius 2 is 2.05 bits per heavy atom. The van der Waals surface area contributed by atoms with Crippen molar-refractivity contribution >= 4 is 17.7 Å². The van der Waals surface area contributed by atoms with Crippen molar-refractivity contribution in [3.8, 4) is 17.2 Å². The molecule has 12 heteroatoms. The second-order valence-corrected chi connectivity index (χ2v) is 9.88. The third-order valence-corrected chi connectivity index (χ3v) is 6.98. The number of nitrogens with zero attached hydrogens (tertiary/aromatic N) is 2. The Hall–Kier alpha value is -4.61. The van der Waals surface area contributed by atoms with Crippen LogP contribution in [0.1, 0.15) is 51.4 Å². The molecule has 0 unspecified atom stereocenters. The van der Waals surface area contributed by atoms with Gasteiger partial charge in [-0.1, -0.05) is 6.92 Å². The van der Waals surface area contributed by atoms with Crippen molar-refractivity contribution in [3.63, 3.8) is 0 Å². The van der Waals surface area contributed by atoms with Gasteiger partial charge in [-0.15, -0.1) is 0 Å². The van der Waals surface area contributed by atoms with Gasteiger partial charge >= 0.3 is 0 Å². The molecule has 2 atom stereocenters. The number of piperidine rings is 1. The molecule has 3 amide bonds. The smallest absolute Gasteiger partial charge is 0.291 e. The summed E-state index contributed by atoms with van der Waals surface area (Å²) in [5, 5.41) is 5.66. The van der Waals surface area contributed by atoms with E-state index in [1.54, 1.807) is 30.0 Å². The molecule has 0 radical (unpaired) electrons. The first-order valence-electron chi connectivity index (χ1n) is 13.3. The second kappa shape index (κ2) is 11.9. The average molecular weight is 567 g/mol. The maximum absolute atomic E-state index is 14.5. The summed E-state index contributed by atoms with van der Waals surface area (Å²) in [4.78, 5) is 45.1. The van der Waals surface area contributed by atoms with E-state index in [2.05, 4.69) is 15.6 Å². The molecule has 216 valence electrons. The molecule has 3 heterocycles. The van der Waals surface area contributed by atoms with E-state index in [1.807, 2.05) is 6.92 Å². The minimum absolute atomic E-state index is 0.0525. The number of ether oxygens (including phenoxy) is 3. The van der Waals surface area contributed by atoms with Gasteiger partial charge in [0, 0.05) is 44.1 Å². The van der Waals surface area contributed by atoms with Gasteiger partial charge in [0.2, 0.25) is 5.76 Å². The highest BCUT2D eigenvalue weighted by molar-refractivity contribution is 5.95. The van der Waals surface area contributed by atoms with Gasteiger partial charge in [0.25, 0.3) is 17.7 Å². The van der Waals surface area contributed by atoms with Gasteiger partial charge in [-0.2, -0.15) is 0 Å². The molecular weight excluding hydrogens is 535 g/mol. The number of benzene rings is 2. The van der Waals surface area contributed by atoms with Crippen LogP contribution >= 0.6 is 0 Å². The molecule has 0 saturated carbocycles. The van der Waals surface area contributed by atoms with Crippen LogP contribution in [0.15, 0.2) is 40.8 Å². The Morgan fingerprint density at radius 1 is 1.22 bits per heavy atom. The summed E-state index contributed by atoms with van der Waals surface area (Å²) in [5.41, 5.74) is 1.24. The summed E-state index contributed by atoms with van der Waals surface area (Å²) in [6, 6.07) is 8.14. The number of rotatable bonds is 3. The highest BCUT2D eigenvalue weighted by Gasteiger charge is 2.36. The fourth-order valence-corrected chi connectivity index (χ4v) is 4.88. The summed E-state index contributed by atoms with van der Waals surface area (Å²) >= 11 is 0. The number of nitrogens with one attached hydrogen (secondary N) is 2. The van der Waals surface area contributed by atoms with Crippen LogP contribution in [-0.4, -0.2) is 66.6 Å². The molecule has 2 aliphatic heterocycles. The second-order valence-electron chi connectivity index (χ2n) is 9.88. The number of halogens is 1. The number of oxazole rings is 1. The minimum Gasteiger partial charge on any atom is -0.493 e. The standard InChI is InChI=1S/C29H31FN4O7/c1-4-26-32-16(2)27(41-26)29(37)34-8-7-22-21(14-34)33-28(36)18-5-6-23(38-3)24(11-18)39-15-25(35)31-13-17-9-19(30)12-20(10-17)40-22/h5-6,9-12,21-22H,4,7-8,13-15H2,1-3H3,(H,31,35)(H,33,36)/t21-,22+/m0/s1. The van der Waals surface area contributed by atoms with Crippen molar-refractivity contribution in [2.75, 3.05) is 26.8 Å². The summed E-state index contributed by atoms with van der Waals surface area (Å²) in [6.07, 6.45) is 0.316. The summed E-state index contributed by atoms with van der Waals surface area (Å²) in [5.74, 6) is -0.342. The van der Waals surface area contributed by atoms with Crippen molar-refractivity contribution in [2.24, 2.45) is 0 Å². The zero-order valence-electron chi connectivity index (χ0n) is 23.0. The lowest BCUT2D eigenvalue weighted by Crippen LogP contribution is -2.58. The zero-order chi connectivity index (χ0) is 29.1. The van der Waals surface area contributed by atoms with Crippen LogP contribution in [0.2, 0.25) is 0 Å². The molecule has 2 N–H and O–H groups in total. The van der Waals surface area contributed by atoms with Crippen molar-refractivity contribution in [1.82, 2.24) is 20.5 Å². The number of methoxy groups -OCH3 is 1. The normalized spacial score (nSPS) is 19.3. The molecule has 1 aromatic heterocycles. The molecular formula is C29H31FN4O7. The first-order valence-corrected chi connectivity index (χ1v) is 13.3. The van der Waals surface area contributed by atoms with Crippen LogP contribution in [0, 0.1) is 12.7 Å². The Labute approximate surface area is 236 Å². The quantitative estimate of drug-likeness (QED) is 0.495. The summed E-state index contributed by atoms with van der Waals surface area (Å²) < 4.78 is 37.3. The number of fused-ring (bicyclic) bond motifs is 5. The van der Waals surface area contributed by atoms with Gasteiger partial charge in [-0.05, 0) is 42.8 Å². The van der Waals surface area contributed by atoms with Crippen LogP contribution in [0.25, 0.3) is 0 Å². The highest BCUT2D eigenvalue weighted by Crippen LogP contribution is 2.29. The van der Waals surface area contributed by atoms with Gasteiger partial charge in [0.05, 0.1) is 18.8 Å². The zero-order valence-corrected chi connectivity index (χ0v) is 23.0. The lowest BCUT2D eigenvalue weighted by atomic mass is 10.0. The van der Waals surface area contributed by atoms with Crippen LogP contribution in [0.3, 0.4) is 0 Å². The van der Waals surface area contributed by atoms with E-state index in [0.29, 0.717) is 42.3 Å². The molecule has 1 saturated heterocycles. The van der Waals surface area contributed by atoms with E-state index >= 15 is 0 Å². The Kier molecular flexibility index (Phi) is 8.09. The molecule has 1 fully saturated rings. The van der Waals surface area contributed by atoms with E-state index < -0.39 is 29.8 Å². The van der Waals surface area contributed by atoms with Gasteiger partial charge in [-0.3, -0.25) is 14.4 Å². The molecule has 3 aromatic rings. The predicted octanol–water partition coefficient (Wildman–Crippen LogP) is 2.79. The maximum atomic E-state index is 14.5. The number of hydrogen-bond donors (Lipinski definition) is 2. The number of carbonyl (C=O) groups is 3. The lowest BCUT2D eigenvalue weighted by molar-refractivity contribution is -0.123.